The van der Waals surface area contributed by atoms with Crippen molar-refractivity contribution in [2.75, 3.05) is 13.2 Å². The van der Waals surface area contributed by atoms with E-state index >= 15 is 0 Å². The lowest BCUT2D eigenvalue weighted by molar-refractivity contribution is -0.148. The largest absolute Gasteiger partial charge is 0.481 e. The Labute approximate surface area is 126 Å². The normalized spacial score (nSPS) is 26.3. The predicted molar refractivity (Wildman–Crippen MR) is 77.2 cm³/mol. The molecule has 1 aromatic rings. The van der Waals surface area contributed by atoms with Gasteiger partial charge in [-0.15, -0.1) is 11.3 Å². The third-order valence-corrected chi connectivity index (χ3v) is 4.60. The number of rotatable bonds is 5. The maximum absolute atomic E-state index is 12.1. The molecule has 2 rings (SSSR count). The van der Waals surface area contributed by atoms with Crippen molar-refractivity contribution >= 4 is 23.3 Å². The molecule has 1 aliphatic heterocycles. The van der Waals surface area contributed by atoms with Crippen LogP contribution in [0.5, 0.6) is 0 Å². The number of urea groups is 1. The van der Waals surface area contributed by atoms with Gasteiger partial charge in [-0.1, -0.05) is 6.92 Å². The van der Waals surface area contributed by atoms with E-state index in [4.69, 9.17) is 4.74 Å². The molecule has 1 aliphatic rings. The first-order valence-corrected chi connectivity index (χ1v) is 7.63. The molecule has 21 heavy (non-hydrogen) atoms. The molecule has 0 saturated carbocycles. The molecule has 116 valence electrons. The number of carboxylic acid groups (broad SMARTS) is 1. The third kappa shape index (κ3) is 3.33. The minimum Gasteiger partial charge on any atom is -0.481 e. The van der Waals surface area contributed by atoms with Crippen LogP contribution >= 0.6 is 11.3 Å². The molecule has 0 aliphatic carbocycles. The van der Waals surface area contributed by atoms with Crippen molar-refractivity contribution in [2.24, 2.45) is 5.41 Å². The van der Waals surface area contributed by atoms with E-state index in [1.54, 1.807) is 13.1 Å². The number of hydrogen-bond acceptors (Lipinski definition) is 5. The lowest BCUT2D eigenvalue weighted by Crippen LogP contribution is -2.52. The SMILES string of the molecule is CCC(NC(=O)NC1COCC1(C)C(=O)O)c1nccs1. The zero-order valence-corrected chi connectivity index (χ0v) is 12.8. The van der Waals surface area contributed by atoms with E-state index in [0.717, 1.165) is 5.01 Å². The predicted octanol–water partition coefficient (Wildman–Crippen LogP) is 1.38. The molecule has 1 fully saturated rings. The van der Waals surface area contributed by atoms with Gasteiger partial charge >= 0.3 is 12.0 Å². The van der Waals surface area contributed by atoms with E-state index < -0.39 is 23.5 Å². The molecule has 1 aromatic heterocycles. The van der Waals surface area contributed by atoms with Crippen LogP contribution in [0.25, 0.3) is 0 Å². The molecule has 3 N–H and O–H groups in total. The quantitative estimate of drug-likeness (QED) is 0.762. The fraction of sp³-hybridized carbons (Fsp3) is 0.615. The monoisotopic (exact) mass is 313 g/mol. The smallest absolute Gasteiger partial charge is 0.315 e. The van der Waals surface area contributed by atoms with Crippen LogP contribution in [-0.2, 0) is 9.53 Å². The van der Waals surface area contributed by atoms with Gasteiger partial charge in [0, 0.05) is 11.6 Å². The Kier molecular flexibility index (Phi) is 4.79. The summed E-state index contributed by atoms with van der Waals surface area (Å²) < 4.78 is 5.20. The van der Waals surface area contributed by atoms with Gasteiger partial charge in [-0.05, 0) is 13.3 Å². The molecule has 2 heterocycles. The van der Waals surface area contributed by atoms with Gasteiger partial charge in [0.25, 0.3) is 0 Å². The second-order valence-electron chi connectivity index (χ2n) is 5.24. The van der Waals surface area contributed by atoms with Gasteiger partial charge in [0.05, 0.1) is 25.3 Å². The summed E-state index contributed by atoms with van der Waals surface area (Å²) >= 11 is 1.47. The average molecular weight is 313 g/mol. The van der Waals surface area contributed by atoms with E-state index in [1.807, 2.05) is 12.3 Å². The zero-order valence-electron chi connectivity index (χ0n) is 12.0. The Morgan fingerprint density at radius 3 is 3.00 bits per heavy atom. The summed E-state index contributed by atoms with van der Waals surface area (Å²) in [5.41, 5.74) is -1.10. The van der Waals surface area contributed by atoms with Crippen LogP contribution in [0.3, 0.4) is 0 Å². The van der Waals surface area contributed by atoms with Crippen molar-refractivity contribution in [1.29, 1.82) is 0 Å². The van der Waals surface area contributed by atoms with Gasteiger partial charge in [-0.25, -0.2) is 9.78 Å². The minimum atomic E-state index is -1.10. The van der Waals surface area contributed by atoms with Crippen LogP contribution in [0.4, 0.5) is 4.79 Å². The van der Waals surface area contributed by atoms with Gasteiger partial charge < -0.3 is 20.5 Å². The topological polar surface area (TPSA) is 101 Å². The van der Waals surface area contributed by atoms with Crippen LogP contribution < -0.4 is 10.6 Å². The van der Waals surface area contributed by atoms with Gasteiger partial charge in [0.2, 0.25) is 0 Å². The second-order valence-corrected chi connectivity index (χ2v) is 6.17. The number of amides is 2. The van der Waals surface area contributed by atoms with Crippen molar-refractivity contribution in [1.82, 2.24) is 15.6 Å². The van der Waals surface area contributed by atoms with Crippen LogP contribution in [0.15, 0.2) is 11.6 Å². The fourth-order valence-corrected chi connectivity index (χ4v) is 2.96. The van der Waals surface area contributed by atoms with Gasteiger partial charge in [0.1, 0.15) is 10.4 Å². The second kappa shape index (κ2) is 6.40. The summed E-state index contributed by atoms with van der Waals surface area (Å²) in [4.78, 5) is 27.6. The molecular weight excluding hydrogens is 294 g/mol. The number of hydrogen-bond donors (Lipinski definition) is 3. The van der Waals surface area contributed by atoms with Gasteiger partial charge in [0.15, 0.2) is 0 Å². The molecule has 1 saturated heterocycles. The van der Waals surface area contributed by atoms with Crippen molar-refractivity contribution in [2.45, 2.75) is 32.4 Å². The summed E-state index contributed by atoms with van der Waals surface area (Å²) in [6.07, 6.45) is 2.40. The lowest BCUT2D eigenvalue weighted by atomic mass is 9.85. The number of nitrogens with one attached hydrogen (secondary N) is 2. The first-order valence-electron chi connectivity index (χ1n) is 6.75. The molecule has 0 radical (unpaired) electrons. The molecule has 8 heteroatoms. The number of carbonyl (C=O) groups excluding carboxylic acids is 1. The maximum atomic E-state index is 12.1. The van der Waals surface area contributed by atoms with Crippen LogP contribution in [-0.4, -0.2) is 41.3 Å². The fourth-order valence-electron chi connectivity index (χ4n) is 2.19. The number of carboxylic acids is 1. The summed E-state index contributed by atoms with van der Waals surface area (Å²) in [6.45, 7) is 3.82. The van der Waals surface area contributed by atoms with Crippen molar-refractivity contribution in [3.63, 3.8) is 0 Å². The van der Waals surface area contributed by atoms with Crippen molar-refractivity contribution < 1.29 is 19.4 Å². The highest BCUT2D eigenvalue weighted by Gasteiger charge is 2.47. The summed E-state index contributed by atoms with van der Waals surface area (Å²) in [5.74, 6) is -0.975. The van der Waals surface area contributed by atoms with Gasteiger partial charge in [-0.3, -0.25) is 4.79 Å². The molecule has 0 bridgehead atoms. The molecular formula is C13H19N3O4S. The number of carbonyl (C=O) groups is 2. The van der Waals surface area contributed by atoms with Gasteiger partial charge in [-0.2, -0.15) is 0 Å². The van der Waals surface area contributed by atoms with Crippen LogP contribution in [0, 0.1) is 5.41 Å². The highest BCUT2D eigenvalue weighted by atomic mass is 32.1. The summed E-state index contributed by atoms with van der Waals surface area (Å²) in [7, 11) is 0. The van der Waals surface area contributed by atoms with Crippen LogP contribution in [0.1, 0.15) is 31.3 Å². The van der Waals surface area contributed by atoms with Crippen molar-refractivity contribution in [3.8, 4) is 0 Å². The number of thiazole rings is 1. The first kappa shape index (κ1) is 15.7. The first-order chi connectivity index (χ1) is 9.97. The highest BCUT2D eigenvalue weighted by molar-refractivity contribution is 7.09. The molecule has 0 spiro atoms. The number of nitrogens with zero attached hydrogens (tertiary/aromatic N) is 1. The van der Waals surface area contributed by atoms with E-state index in [1.165, 1.54) is 11.3 Å². The summed E-state index contributed by atoms with van der Waals surface area (Å²) in [6, 6.07) is -1.13. The standard InChI is InChI=1S/C13H19N3O4S/c1-3-8(10-14-4-5-21-10)15-12(19)16-9-6-20-7-13(9,2)11(17)18/h4-5,8-9H,3,6-7H2,1-2H3,(H,17,18)(H2,15,16,19). The summed E-state index contributed by atoms with van der Waals surface area (Å²) in [5, 5.41) is 17.5. The molecule has 2 amide bonds. The number of aromatic nitrogens is 1. The molecule has 0 aromatic carbocycles. The van der Waals surface area contributed by atoms with E-state index in [0.29, 0.717) is 6.42 Å². The molecule has 7 nitrogen and oxygen atoms in total. The lowest BCUT2D eigenvalue weighted by Gasteiger charge is -2.26. The Bertz CT molecular complexity index is 508. The van der Waals surface area contributed by atoms with E-state index in [-0.39, 0.29) is 19.3 Å². The van der Waals surface area contributed by atoms with Crippen LogP contribution in [0.2, 0.25) is 0 Å². The average Bonchev–Trinajstić information content (AvgIpc) is 3.07. The number of aliphatic carboxylic acids is 1. The van der Waals surface area contributed by atoms with Crippen molar-refractivity contribution in [3.05, 3.63) is 16.6 Å². The molecule has 3 atom stereocenters. The minimum absolute atomic E-state index is 0.0942. The zero-order chi connectivity index (χ0) is 15.5. The number of ether oxygens (including phenoxy) is 1. The third-order valence-electron chi connectivity index (χ3n) is 3.71. The highest BCUT2D eigenvalue weighted by Crippen LogP contribution is 2.28. The Balaban J connectivity index is 1.97. The van der Waals surface area contributed by atoms with E-state index in [9.17, 15) is 14.7 Å². The molecule has 3 unspecified atom stereocenters. The Morgan fingerprint density at radius 2 is 2.43 bits per heavy atom. The Hall–Kier alpha value is -1.67. The maximum Gasteiger partial charge on any atom is 0.315 e. The van der Waals surface area contributed by atoms with E-state index in [2.05, 4.69) is 15.6 Å². The Morgan fingerprint density at radius 1 is 1.67 bits per heavy atom.